The number of carbonyl (C=O) groups excluding carboxylic acids is 1. The zero-order valence-electron chi connectivity index (χ0n) is 7.19. The van der Waals surface area contributed by atoms with Crippen LogP contribution in [0.5, 0.6) is 5.75 Å². The molecule has 0 atom stereocenters. The summed E-state index contributed by atoms with van der Waals surface area (Å²) in [5.74, 6) is -0.967. The molecule has 1 aromatic carbocycles. The van der Waals surface area contributed by atoms with Crippen LogP contribution in [0.15, 0.2) is 12.1 Å². The van der Waals surface area contributed by atoms with Crippen molar-refractivity contribution in [1.29, 1.82) is 0 Å². The predicted octanol–water partition coefficient (Wildman–Crippen LogP) is 1.58. The van der Waals surface area contributed by atoms with Gasteiger partial charge in [-0.25, -0.2) is 4.39 Å². The van der Waals surface area contributed by atoms with Crippen LogP contribution in [-0.4, -0.2) is 11.4 Å². The molecule has 1 rings (SSSR count). The Morgan fingerprint density at radius 2 is 2.21 bits per heavy atom. The van der Waals surface area contributed by atoms with Crippen LogP contribution in [0.25, 0.3) is 0 Å². The van der Waals surface area contributed by atoms with Crippen LogP contribution < -0.4 is 4.74 Å². The van der Waals surface area contributed by atoms with Crippen molar-refractivity contribution < 1.29 is 18.8 Å². The van der Waals surface area contributed by atoms with Gasteiger partial charge in [-0.1, -0.05) is 0 Å². The van der Waals surface area contributed by atoms with Crippen molar-refractivity contribution in [2.45, 2.75) is 6.92 Å². The third kappa shape index (κ3) is 1.85. The minimum atomic E-state index is -0.820. The first-order valence-corrected chi connectivity index (χ1v) is 3.61. The molecule has 0 aliphatic carbocycles. The molecule has 5 nitrogen and oxygen atoms in total. The molecule has 0 bridgehead atoms. The minimum absolute atomic E-state index is 0.0888. The number of benzene rings is 1. The molecule has 0 saturated carbocycles. The summed E-state index contributed by atoms with van der Waals surface area (Å²) >= 11 is 0. The summed E-state index contributed by atoms with van der Waals surface area (Å²) in [6.07, 6.45) is 0. The van der Waals surface area contributed by atoms with E-state index in [0.717, 1.165) is 12.1 Å². The van der Waals surface area contributed by atoms with Gasteiger partial charge < -0.3 is 4.74 Å². The van der Waals surface area contributed by atoms with Gasteiger partial charge in [-0.15, -0.1) is 0 Å². The molecule has 74 valence electrons. The van der Waals surface area contributed by atoms with Gasteiger partial charge in [-0.05, 0) is 6.92 Å². The highest BCUT2D eigenvalue weighted by atomic mass is 19.1. The lowest BCUT2D eigenvalue weighted by Crippen LogP contribution is -1.98. The summed E-state index contributed by atoms with van der Waals surface area (Å²) in [5, 5.41) is 10.4. The fourth-order valence-corrected chi connectivity index (χ4v) is 1.00. The molecule has 1 aromatic rings. The average Bonchev–Trinajstić information content (AvgIpc) is 2.10. The van der Waals surface area contributed by atoms with E-state index in [-0.39, 0.29) is 17.8 Å². The molecule has 0 heterocycles. The van der Waals surface area contributed by atoms with E-state index in [1.165, 1.54) is 6.92 Å². The lowest BCUT2D eigenvalue weighted by atomic mass is 10.2. The van der Waals surface area contributed by atoms with Crippen LogP contribution in [-0.2, 0) is 4.79 Å². The highest BCUT2D eigenvalue weighted by Crippen LogP contribution is 2.28. The second-order valence-corrected chi connectivity index (χ2v) is 2.52. The van der Waals surface area contributed by atoms with E-state index in [1.807, 2.05) is 0 Å². The first-order chi connectivity index (χ1) is 6.56. The van der Waals surface area contributed by atoms with Gasteiger partial charge in [0.2, 0.25) is 0 Å². The van der Waals surface area contributed by atoms with E-state index < -0.39 is 16.4 Å². The molecule has 0 saturated heterocycles. The maximum atomic E-state index is 12.8. The van der Waals surface area contributed by atoms with Gasteiger partial charge in [-0.3, -0.25) is 14.9 Å². The first kappa shape index (κ1) is 10.1. The number of nitrogens with zero attached hydrogens (tertiary/aromatic N) is 1. The predicted molar refractivity (Wildman–Crippen MR) is 44.5 cm³/mol. The molecule has 0 aliphatic heterocycles. The van der Waals surface area contributed by atoms with Crippen molar-refractivity contribution in [1.82, 2.24) is 0 Å². The summed E-state index contributed by atoms with van der Waals surface area (Å²) in [6.45, 7) is 1.46. The average molecular weight is 199 g/mol. The van der Waals surface area contributed by atoms with Crippen molar-refractivity contribution in [2.24, 2.45) is 0 Å². The Morgan fingerprint density at radius 1 is 1.57 bits per heavy atom. The van der Waals surface area contributed by atoms with Gasteiger partial charge in [0, 0.05) is 6.07 Å². The summed E-state index contributed by atoms with van der Waals surface area (Å²) in [7, 11) is 0. The smallest absolute Gasteiger partial charge is 0.298 e. The molecule has 0 amide bonds. The van der Waals surface area contributed by atoms with E-state index in [9.17, 15) is 19.3 Å². The molecule has 0 aliphatic rings. The van der Waals surface area contributed by atoms with Crippen molar-refractivity contribution in [3.63, 3.8) is 0 Å². The highest BCUT2D eigenvalue weighted by molar-refractivity contribution is 5.54. The molecule has 0 radical (unpaired) electrons. The third-order valence-electron chi connectivity index (χ3n) is 1.67. The van der Waals surface area contributed by atoms with Crippen LogP contribution in [0.4, 0.5) is 10.1 Å². The van der Waals surface area contributed by atoms with Crippen LogP contribution in [0, 0.1) is 22.9 Å². The number of halogens is 1. The lowest BCUT2D eigenvalue weighted by Gasteiger charge is -2.03. The molecule has 6 heteroatoms. The van der Waals surface area contributed by atoms with Crippen molar-refractivity contribution in [3.8, 4) is 5.75 Å². The second-order valence-electron chi connectivity index (χ2n) is 2.52. The Balaban J connectivity index is 3.31. The minimum Gasteiger partial charge on any atom is -0.428 e. The molecule has 0 unspecified atom stereocenters. The summed E-state index contributed by atoms with van der Waals surface area (Å²) in [5.41, 5.74) is -0.301. The van der Waals surface area contributed by atoms with Gasteiger partial charge in [-0.2, -0.15) is 0 Å². The number of ether oxygens (including phenoxy) is 1. The maximum Gasteiger partial charge on any atom is 0.298 e. The number of nitro benzene ring substituents is 1. The fourth-order valence-electron chi connectivity index (χ4n) is 1.00. The number of carbonyl (C=O) groups is 1. The third-order valence-corrected chi connectivity index (χ3v) is 1.67. The van der Waals surface area contributed by atoms with Crippen LogP contribution >= 0.6 is 0 Å². The van der Waals surface area contributed by atoms with E-state index in [1.54, 1.807) is 0 Å². The van der Waals surface area contributed by atoms with Crippen molar-refractivity contribution >= 4 is 12.2 Å². The first-order valence-electron chi connectivity index (χ1n) is 3.61. The maximum absolute atomic E-state index is 12.8. The second kappa shape index (κ2) is 3.82. The van der Waals surface area contributed by atoms with Crippen molar-refractivity contribution in [3.05, 3.63) is 33.6 Å². The molecular formula is C8H6FNO4. The molecule has 0 fully saturated rings. The van der Waals surface area contributed by atoms with Crippen LogP contribution in [0.2, 0.25) is 0 Å². The quantitative estimate of drug-likeness (QED) is 0.421. The Morgan fingerprint density at radius 3 is 2.71 bits per heavy atom. The van der Waals surface area contributed by atoms with Crippen LogP contribution in [0.1, 0.15) is 5.56 Å². The van der Waals surface area contributed by atoms with Gasteiger partial charge in [0.25, 0.3) is 12.2 Å². The lowest BCUT2D eigenvalue weighted by molar-refractivity contribution is -0.385. The highest BCUT2D eigenvalue weighted by Gasteiger charge is 2.17. The Kier molecular flexibility index (Phi) is 2.76. The monoisotopic (exact) mass is 199 g/mol. The van der Waals surface area contributed by atoms with Gasteiger partial charge >= 0.3 is 0 Å². The van der Waals surface area contributed by atoms with Crippen molar-refractivity contribution in [2.75, 3.05) is 0 Å². The Labute approximate surface area is 78.3 Å². The molecule has 0 spiro atoms. The fraction of sp³-hybridized carbons (Fsp3) is 0.125. The summed E-state index contributed by atoms with van der Waals surface area (Å²) in [4.78, 5) is 19.7. The van der Waals surface area contributed by atoms with E-state index in [0.29, 0.717) is 0 Å². The molecule has 0 aromatic heterocycles. The van der Waals surface area contributed by atoms with E-state index in [2.05, 4.69) is 4.74 Å². The van der Waals surface area contributed by atoms with Gasteiger partial charge in [0.1, 0.15) is 11.6 Å². The molecular weight excluding hydrogens is 193 g/mol. The zero-order chi connectivity index (χ0) is 10.7. The number of hydrogen-bond donors (Lipinski definition) is 0. The summed E-state index contributed by atoms with van der Waals surface area (Å²) in [6, 6.07) is 1.68. The normalized spacial score (nSPS) is 9.57. The standard InChI is InChI=1S/C8H6FNO4/c1-5-7(10(12)13)2-6(9)3-8(5)14-4-11/h2-4H,1H3. The SMILES string of the molecule is Cc1c(OC=O)cc(F)cc1[N+](=O)[O-]. The Bertz CT molecular complexity index is 391. The molecule has 0 N–H and O–H groups in total. The number of rotatable bonds is 3. The van der Waals surface area contributed by atoms with Crippen LogP contribution in [0.3, 0.4) is 0 Å². The van der Waals surface area contributed by atoms with E-state index in [4.69, 9.17) is 0 Å². The Hall–Kier alpha value is -1.98. The summed E-state index contributed by atoms with van der Waals surface area (Å²) < 4.78 is 17.2. The van der Waals surface area contributed by atoms with Gasteiger partial charge in [0.05, 0.1) is 16.6 Å². The number of hydrogen-bond acceptors (Lipinski definition) is 4. The zero-order valence-corrected chi connectivity index (χ0v) is 7.19. The topological polar surface area (TPSA) is 69.4 Å². The molecule has 14 heavy (non-hydrogen) atoms. The van der Waals surface area contributed by atoms with E-state index >= 15 is 0 Å². The largest absolute Gasteiger partial charge is 0.428 e. The number of nitro groups is 1. The van der Waals surface area contributed by atoms with Gasteiger partial charge in [0.15, 0.2) is 0 Å².